The first-order valence-electron chi connectivity index (χ1n) is 41.4. The summed E-state index contributed by atoms with van der Waals surface area (Å²) < 4.78 is 0. The Morgan fingerprint density at radius 2 is 0.664 bits per heavy atom. The molecule has 2 aromatic carbocycles. The van der Waals surface area contributed by atoms with Crippen molar-refractivity contribution in [3.05, 3.63) is 71.8 Å². The molecule has 0 fully saturated rings. The molecule has 0 aliphatic heterocycles. The van der Waals surface area contributed by atoms with E-state index >= 15 is 0 Å². The number of hydrogen-bond acceptors (Lipinski definition) is 21. The monoisotopic (exact) mass is 1720 g/mol. The number of nitrogens with one attached hydrogen (secondary N) is 12. The minimum Gasteiger partial charge on any atom is -0.481 e. The summed E-state index contributed by atoms with van der Waals surface area (Å²) in [5.74, 6) is -18.3. The van der Waals surface area contributed by atoms with Crippen molar-refractivity contribution in [2.75, 3.05) is 32.7 Å². The lowest BCUT2D eigenvalue weighted by Gasteiger charge is -2.31. The largest absolute Gasteiger partial charge is 0.481 e. The van der Waals surface area contributed by atoms with Gasteiger partial charge in [-0.1, -0.05) is 129 Å². The van der Waals surface area contributed by atoms with Crippen molar-refractivity contribution in [1.29, 1.82) is 0 Å². The van der Waals surface area contributed by atoms with Crippen molar-refractivity contribution >= 4 is 107 Å². The average Bonchev–Trinajstić information content (AvgIpc) is 0.846. The van der Waals surface area contributed by atoms with Crippen LogP contribution in [-0.4, -0.2) is 228 Å². The Morgan fingerprint density at radius 3 is 1.05 bits per heavy atom. The van der Waals surface area contributed by atoms with Gasteiger partial charge in [0.05, 0.1) is 12.5 Å². The van der Waals surface area contributed by atoms with Crippen LogP contribution in [0.4, 0.5) is 0 Å². The highest BCUT2D eigenvalue weighted by molar-refractivity contribution is 6.01. The number of aliphatic carboxylic acids is 2. The number of carboxylic acids is 2. The molecule has 13 amide bonds. The van der Waals surface area contributed by atoms with Crippen LogP contribution in [0.3, 0.4) is 0 Å². The van der Waals surface area contributed by atoms with Crippen molar-refractivity contribution in [3.63, 3.8) is 0 Å². The fraction of sp³-hybridized carbons (Fsp3) is 0.625. The van der Waals surface area contributed by atoms with E-state index in [4.69, 9.17) is 57.3 Å². The summed E-state index contributed by atoms with van der Waals surface area (Å²) in [6.07, 6.45) is -0.524. The Hall–Kier alpha value is -11.8. The zero-order valence-corrected chi connectivity index (χ0v) is 71.4. The van der Waals surface area contributed by atoms with Crippen LogP contribution in [0, 0.1) is 23.7 Å². The van der Waals surface area contributed by atoms with Crippen LogP contribution in [0.2, 0.25) is 0 Å². The van der Waals surface area contributed by atoms with Crippen molar-refractivity contribution < 1.29 is 82.1 Å². The van der Waals surface area contributed by atoms with E-state index in [2.05, 4.69) is 78.8 Å². The molecular weight excluding hydrogens is 1580 g/mol. The highest BCUT2D eigenvalue weighted by atomic mass is 16.4. The predicted octanol–water partition coefficient (Wildman–Crippen LogP) is -4.35. The summed E-state index contributed by atoms with van der Waals surface area (Å²) >= 11 is 0. The number of nitrogens with zero attached hydrogens (tertiary/aromatic N) is 3. The van der Waals surface area contributed by atoms with Gasteiger partial charge < -0.3 is 131 Å². The first-order chi connectivity index (χ1) is 57.7. The molecule has 0 spiro atoms. The van der Waals surface area contributed by atoms with Gasteiger partial charge in [-0.15, -0.1) is 0 Å². The zero-order valence-electron chi connectivity index (χ0n) is 71.4. The van der Waals surface area contributed by atoms with E-state index in [1.54, 1.807) is 110 Å². The molecule has 0 aliphatic carbocycles. The molecule has 682 valence electrons. The van der Waals surface area contributed by atoms with E-state index in [-0.39, 0.29) is 146 Å². The fourth-order valence-electron chi connectivity index (χ4n) is 12.6. The number of rotatable bonds is 61. The van der Waals surface area contributed by atoms with Gasteiger partial charge in [0.2, 0.25) is 76.8 Å². The molecule has 0 saturated heterocycles. The maximum Gasteiger partial charge on any atom is 0.326 e. The van der Waals surface area contributed by atoms with Crippen LogP contribution in [-0.2, 0) is 84.8 Å². The SMILES string of the molecule is CCC(C)C(NC(=O)C(CCCN=C(N)N)NC(=O)C(CCC(N)=O)NC(=O)C(NC(=O)C(NC(=O)C(CCCN=C(N)N)NC(=O)C(CCCCN)NC(=O)C(N)Cc1ccccc1)C(C)CC)C(C)C)C(=O)NC(CCCCN)C(=O)NC(CC(=O)O)C(=O)NC(Cc1ccccc1)C(=O)NC(CC(C)C)C(=O)NC(CCCN=C(N)N)C(=O)O. The summed E-state index contributed by atoms with van der Waals surface area (Å²) in [6.45, 7) is 13.7. The molecule has 34 N–H and O–H groups in total. The van der Waals surface area contributed by atoms with Crippen LogP contribution in [0.1, 0.15) is 182 Å². The van der Waals surface area contributed by atoms with E-state index in [1.165, 1.54) is 0 Å². The van der Waals surface area contributed by atoms with Crippen LogP contribution >= 0.6 is 0 Å². The summed E-state index contributed by atoms with van der Waals surface area (Å²) in [5, 5.41) is 51.6. The number of carbonyl (C=O) groups is 15. The smallest absolute Gasteiger partial charge is 0.326 e. The van der Waals surface area contributed by atoms with Crippen LogP contribution in [0.25, 0.3) is 0 Å². The van der Waals surface area contributed by atoms with E-state index in [0.29, 0.717) is 24.8 Å². The van der Waals surface area contributed by atoms with Gasteiger partial charge in [0.15, 0.2) is 17.9 Å². The first-order valence-corrected chi connectivity index (χ1v) is 41.4. The highest BCUT2D eigenvalue weighted by Gasteiger charge is 2.40. The summed E-state index contributed by atoms with van der Waals surface area (Å²) in [7, 11) is 0. The maximum absolute atomic E-state index is 14.9. The molecule has 0 radical (unpaired) electrons. The molecule has 15 unspecified atom stereocenters. The van der Waals surface area contributed by atoms with Crippen molar-refractivity contribution in [1.82, 2.24) is 63.8 Å². The molecule has 0 aromatic heterocycles. The molecule has 2 aromatic rings. The average molecular weight is 1720 g/mol. The fourth-order valence-corrected chi connectivity index (χ4v) is 12.6. The molecule has 2 rings (SSSR count). The molecule has 42 nitrogen and oxygen atoms in total. The van der Waals surface area contributed by atoms with Crippen molar-refractivity contribution in [3.8, 4) is 0 Å². The van der Waals surface area contributed by atoms with Gasteiger partial charge >= 0.3 is 11.9 Å². The van der Waals surface area contributed by atoms with Gasteiger partial charge in [-0.25, -0.2) is 4.79 Å². The van der Waals surface area contributed by atoms with Gasteiger partial charge in [0.1, 0.15) is 72.5 Å². The molecular formula is C80H135N25O17. The number of carbonyl (C=O) groups excluding carboxylic acids is 13. The van der Waals surface area contributed by atoms with Gasteiger partial charge in [-0.2, -0.15) is 0 Å². The number of benzene rings is 2. The quantitative estimate of drug-likeness (QED) is 0.0169. The van der Waals surface area contributed by atoms with Gasteiger partial charge in [-0.05, 0) is 144 Å². The van der Waals surface area contributed by atoms with E-state index in [1.807, 2.05) is 6.07 Å². The number of carboxylic acid groups (broad SMARTS) is 2. The first kappa shape index (κ1) is 106. The summed E-state index contributed by atoms with van der Waals surface area (Å²) in [6, 6.07) is -1.97. The standard InChI is InChI=1S/C80H135N25O17/c1-9-46(7)63(75(119)97-52(29-18-20-36-82)67(111)102-59(43-61(107)108)73(117)101-58(42-49-26-15-12-16-27-49)72(116)100-57(40-44(3)4)71(115)99-56(77(121)122)32-23-39-93-80(89)90)104-69(113)54(31-22-38-92-79(87)88)96-68(112)55(33-34-60(84)106)98-74(118)62(45(5)6)103-76(120)64(47(8)10-2)105-70(114)53(30-21-37-91-78(85)86)95-66(110)51(28-17-19-35-81)94-65(109)50(83)41-48-24-13-11-14-25-48/h11-16,24-27,44-47,50-59,62-64H,9-10,17-23,28-43,81-83H2,1-8H3,(H2,84,106)(H,94,109)(H,95,110)(H,96,112)(H,97,119)(H,98,118)(H,99,115)(H,100,116)(H,101,117)(H,102,111)(H,103,120)(H,104,113)(H,105,114)(H,107,108)(H,121,122)(H4,85,86,91)(H4,87,88,92)(H4,89,90,93). The lowest BCUT2D eigenvalue weighted by Crippen LogP contribution is -2.62. The van der Waals surface area contributed by atoms with Crippen LogP contribution < -0.4 is 121 Å². The van der Waals surface area contributed by atoms with Crippen molar-refractivity contribution in [2.24, 2.45) is 96.0 Å². The number of unbranched alkanes of at least 4 members (excludes halogenated alkanes) is 2. The number of guanidine groups is 3. The molecule has 0 heterocycles. The second-order valence-corrected chi connectivity index (χ2v) is 31.0. The molecule has 0 aliphatic rings. The summed E-state index contributed by atoms with van der Waals surface area (Å²) in [4.78, 5) is 223. The Labute approximate surface area is 712 Å². The highest BCUT2D eigenvalue weighted by Crippen LogP contribution is 2.18. The van der Waals surface area contributed by atoms with Crippen LogP contribution in [0.15, 0.2) is 75.6 Å². The zero-order chi connectivity index (χ0) is 91.7. The summed E-state index contributed by atoms with van der Waals surface area (Å²) in [5.41, 5.74) is 58.0. The lowest BCUT2D eigenvalue weighted by atomic mass is 9.95. The van der Waals surface area contributed by atoms with Crippen LogP contribution in [0.5, 0.6) is 0 Å². The minimum atomic E-state index is -1.95. The Balaban J connectivity index is 2.62. The molecule has 0 saturated carbocycles. The van der Waals surface area contributed by atoms with E-state index < -0.39 is 204 Å². The Bertz CT molecular complexity index is 3790. The Morgan fingerprint density at radius 1 is 0.352 bits per heavy atom. The Kier molecular flexibility index (Phi) is 50.0. The third-order valence-electron chi connectivity index (χ3n) is 19.9. The third-order valence-corrected chi connectivity index (χ3v) is 19.9. The van der Waals surface area contributed by atoms with Gasteiger partial charge in [-0.3, -0.25) is 82.1 Å². The number of hydrogen-bond donors (Lipinski definition) is 24. The topological polar surface area (TPSA) is 738 Å². The molecule has 42 heteroatoms. The minimum absolute atomic E-state index is 0.00469. The molecule has 122 heavy (non-hydrogen) atoms. The number of nitrogens with two attached hydrogens (primary N) is 10. The predicted molar refractivity (Wildman–Crippen MR) is 458 cm³/mol. The normalized spacial score (nSPS) is 14.8. The molecule has 0 bridgehead atoms. The van der Waals surface area contributed by atoms with E-state index in [0.717, 1.165) is 5.56 Å². The number of aliphatic imine (C=N–C) groups is 3. The molecule has 15 atom stereocenters. The van der Waals surface area contributed by atoms with Crippen molar-refractivity contribution in [2.45, 2.75) is 262 Å². The lowest BCUT2D eigenvalue weighted by molar-refractivity contribution is -0.142. The number of amides is 13. The third kappa shape index (κ3) is 41.9. The second-order valence-electron chi connectivity index (χ2n) is 31.0. The second kappa shape index (κ2) is 57.4. The maximum atomic E-state index is 14.9. The van der Waals surface area contributed by atoms with E-state index in [9.17, 15) is 82.1 Å². The van der Waals surface area contributed by atoms with Gasteiger partial charge in [0.25, 0.3) is 0 Å². The van der Waals surface area contributed by atoms with Gasteiger partial charge in [0, 0.05) is 32.5 Å². The number of primary amides is 1.